The van der Waals surface area contributed by atoms with Crippen molar-refractivity contribution in [3.8, 4) is 5.75 Å². The van der Waals surface area contributed by atoms with E-state index in [0.29, 0.717) is 36.8 Å². The third-order valence-electron chi connectivity index (χ3n) is 4.86. The van der Waals surface area contributed by atoms with E-state index in [1.54, 1.807) is 12.1 Å². The van der Waals surface area contributed by atoms with Crippen LogP contribution in [-0.2, 0) is 14.6 Å². The van der Waals surface area contributed by atoms with Crippen molar-refractivity contribution in [3.05, 3.63) is 30.6 Å². The quantitative estimate of drug-likeness (QED) is 0.631. The smallest absolute Gasteiger partial charge is 0.212 e. The topological polar surface area (TPSA) is 123 Å². The summed E-state index contributed by atoms with van der Waals surface area (Å²) in [7, 11) is -3.90. The summed E-state index contributed by atoms with van der Waals surface area (Å²) in [4.78, 5) is 13.7. The number of nitrogen functional groups attached to an aromatic ring is 1. The average Bonchev–Trinajstić information content (AvgIpc) is 3.04. The van der Waals surface area contributed by atoms with Crippen molar-refractivity contribution in [2.24, 2.45) is 0 Å². The summed E-state index contributed by atoms with van der Waals surface area (Å²) in [5.74, 6) is 1.25. The summed E-state index contributed by atoms with van der Waals surface area (Å²) < 4.78 is 37.9. The van der Waals surface area contributed by atoms with Crippen molar-refractivity contribution >= 4 is 32.5 Å². The van der Waals surface area contributed by atoms with Gasteiger partial charge in [0.1, 0.15) is 33.8 Å². The summed E-state index contributed by atoms with van der Waals surface area (Å²) in [6.07, 6.45) is 1.41. The molecule has 0 bridgehead atoms. The molecule has 1 atom stereocenters. The molecule has 2 aromatic heterocycles. The van der Waals surface area contributed by atoms with Crippen LogP contribution < -0.4 is 15.4 Å². The van der Waals surface area contributed by atoms with Gasteiger partial charge in [-0.1, -0.05) is 0 Å². The van der Waals surface area contributed by atoms with Gasteiger partial charge < -0.3 is 25.1 Å². The van der Waals surface area contributed by atoms with Gasteiger partial charge in [-0.25, -0.2) is 18.4 Å². The minimum Gasteiger partial charge on any atom is -0.491 e. The van der Waals surface area contributed by atoms with E-state index in [0.717, 1.165) is 0 Å². The Hall–Kier alpha value is -2.85. The number of hydrogen-bond donors (Lipinski definition) is 2. The van der Waals surface area contributed by atoms with Crippen molar-refractivity contribution in [2.75, 3.05) is 30.3 Å². The van der Waals surface area contributed by atoms with E-state index in [2.05, 4.69) is 15.0 Å². The highest BCUT2D eigenvalue weighted by atomic mass is 32.2. The van der Waals surface area contributed by atoms with Crippen LogP contribution in [0.5, 0.6) is 5.75 Å². The van der Waals surface area contributed by atoms with Crippen LogP contribution in [0, 0.1) is 0 Å². The Morgan fingerprint density at radius 3 is 2.67 bits per heavy atom. The lowest BCUT2D eigenvalue weighted by Gasteiger charge is -2.32. The summed E-state index contributed by atoms with van der Waals surface area (Å²) in [6.45, 7) is 7.65. The number of fused-ring (bicyclic) bond motifs is 1. The van der Waals surface area contributed by atoms with Crippen LogP contribution in [0.25, 0.3) is 11.0 Å². The first-order valence-electron chi connectivity index (χ1n) is 9.78. The molecule has 0 spiro atoms. The van der Waals surface area contributed by atoms with Gasteiger partial charge in [-0.3, -0.25) is 0 Å². The first-order chi connectivity index (χ1) is 14.3. The van der Waals surface area contributed by atoms with E-state index in [1.165, 1.54) is 18.5 Å². The van der Waals surface area contributed by atoms with Crippen LogP contribution in [0.1, 0.15) is 20.8 Å². The van der Waals surface area contributed by atoms with Gasteiger partial charge >= 0.3 is 0 Å². The maximum Gasteiger partial charge on any atom is 0.212 e. The van der Waals surface area contributed by atoms with Crippen LogP contribution in [-0.4, -0.2) is 55.3 Å². The Morgan fingerprint density at radius 2 is 2.00 bits per heavy atom. The van der Waals surface area contributed by atoms with Gasteiger partial charge in [0.2, 0.25) is 9.84 Å². The molecular weight excluding hydrogens is 406 g/mol. The minimum atomic E-state index is -3.90. The molecule has 1 aliphatic heterocycles. The van der Waals surface area contributed by atoms with Gasteiger partial charge in [0.15, 0.2) is 5.82 Å². The van der Waals surface area contributed by atoms with Crippen LogP contribution in [0.2, 0.25) is 0 Å². The second-order valence-corrected chi connectivity index (χ2v) is 9.44. The Labute approximate surface area is 175 Å². The molecule has 4 rings (SSSR count). The van der Waals surface area contributed by atoms with Gasteiger partial charge in [0, 0.05) is 13.1 Å². The van der Waals surface area contributed by atoms with Gasteiger partial charge in [-0.2, -0.15) is 0 Å². The molecule has 3 heterocycles. The maximum absolute atomic E-state index is 13.4. The lowest BCUT2D eigenvalue weighted by molar-refractivity contribution is 0.0530. The number of nitrogens with zero attached hydrogens (tertiary/aromatic N) is 3. The fraction of sp³-hybridized carbons (Fsp3) is 0.400. The van der Waals surface area contributed by atoms with Gasteiger partial charge in [0.05, 0.1) is 23.7 Å². The second kappa shape index (κ2) is 7.77. The molecule has 1 fully saturated rings. The highest BCUT2D eigenvalue weighted by Crippen LogP contribution is 2.36. The minimum absolute atomic E-state index is 0.00487. The van der Waals surface area contributed by atoms with Crippen molar-refractivity contribution in [2.45, 2.75) is 42.8 Å². The van der Waals surface area contributed by atoms with E-state index in [4.69, 9.17) is 15.2 Å². The number of anilines is 2. The number of aromatic amines is 1. The number of H-pyrrole nitrogens is 1. The number of rotatable bonds is 5. The predicted molar refractivity (Wildman–Crippen MR) is 114 cm³/mol. The van der Waals surface area contributed by atoms with E-state index >= 15 is 0 Å². The van der Waals surface area contributed by atoms with Crippen molar-refractivity contribution in [1.82, 2.24) is 15.0 Å². The normalized spacial score (nSPS) is 17.6. The SMILES string of the molecule is CC(C)Oc1ccc(S(=O)(=O)c2c(N)[nH]c3c(N4CCOC(C)C4)ncnc23)cc1. The molecule has 1 aliphatic rings. The number of nitrogens with two attached hydrogens (primary N) is 1. The molecule has 0 aliphatic carbocycles. The van der Waals surface area contributed by atoms with Gasteiger partial charge in [-0.15, -0.1) is 0 Å². The predicted octanol–water partition coefficient (Wildman–Crippen LogP) is 2.39. The molecule has 0 radical (unpaired) electrons. The van der Waals surface area contributed by atoms with Crippen LogP contribution in [0.3, 0.4) is 0 Å². The van der Waals surface area contributed by atoms with E-state index in [9.17, 15) is 8.42 Å². The summed E-state index contributed by atoms with van der Waals surface area (Å²) in [5.41, 5.74) is 6.91. The Morgan fingerprint density at radius 1 is 1.27 bits per heavy atom. The molecule has 0 amide bonds. The zero-order chi connectivity index (χ0) is 21.5. The summed E-state index contributed by atoms with van der Waals surface area (Å²) in [6, 6.07) is 6.29. The van der Waals surface area contributed by atoms with Gasteiger partial charge in [-0.05, 0) is 45.0 Å². The molecule has 0 saturated carbocycles. The third kappa shape index (κ3) is 3.68. The number of ether oxygens (including phenoxy) is 2. The summed E-state index contributed by atoms with van der Waals surface area (Å²) >= 11 is 0. The fourth-order valence-electron chi connectivity index (χ4n) is 3.59. The number of benzene rings is 1. The lowest BCUT2D eigenvalue weighted by Crippen LogP contribution is -2.41. The number of morpholine rings is 1. The molecule has 1 aromatic carbocycles. The van der Waals surface area contributed by atoms with Crippen molar-refractivity contribution in [3.63, 3.8) is 0 Å². The third-order valence-corrected chi connectivity index (χ3v) is 6.71. The fourth-order valence-corrected chi connectivity index (χ4v) is 5.07. The van der Waals surface area contributed by atoms with Crippen molar-refractivity contribution in [1.29, 1.82) is 0 Å². The molecule has 30 heavy (non-hydrogen) atoms. The number of sulfone groups is 1. The average molecular weight is 432 g/mol. The Kier molecular flexibility index (Phi) is 5.29. The van der Waals surface area contributed by atoms with E-state index in [1.807, 2.05) is 25.7 Å². The molecule has 3 N–H and O–H groups in total. The van der Waals surface area contributed by atoms with Crippen LogP contribution >= 0.6 is 0 Å². The first-order valence-corrected chi connectivity index (χ1v) is 11.3. The first kappa shape index (κ1) is 20.4. The maximum atomic E-state index is 13.4. The molecule has 10 heteroatoms. The van der Waals surface area contributed by atoms with Crippen molar-refractivity contribution < 1.29 is 17.9 Å². The zero-order valence-corrected chi connectivity index (χ0v) is 17.9. The standard InChI is InChI=1S/C20H25N5O4S/c1-12(2)29-14-4-6-15(7-5-14)30(26,27)18-16-17(24-19(18)21)20(23-11-22-16)25-8-9-28-13(3)10-25/h4-7,11-13,24H,8-10,21H2,1-3H3. The molecule has 9 nitrogen and oxygen atoms in total. The van der Waals surface area contributed by atoms with Crippen LogP contribution in [0.15, 0.2) is 40.4 Å². The lowest BCUT2D eigenvalue weighted by atomic mass is 10.3. The molecule has 160 valence electrons. The molecular formula is C20H25N5O4S. The van der Waals surface area contributed by atoms with Crippen LogP contribution in [0.4, 0.5) is 11.6 Å². The highest BCUT2D eigenvalue weighted by molar-refractivity contribution is 7.92. The van der Waals surface area contributed by atoms with E-state index in [-0.39, 0.29) is 33.3 Å². The second-order valence-electron chi connectivity index (χ2n) is 7.56. The molecule has 3 aromatic rings. The largest absolute Gasteiger partial charge is 0.491 e. The summed E-state index contributed by atoms with van der Waals surface area (Å²) in [5, 5.41) is 0. The molecule has 1 saturated heterocycles. The number of aromatic nitrogens is 3. The van der Waals surface area contributed by atoms with Gasteiger partial charge in [0.25, 0.3) is 0 Å². The Balaban J connectivity index is 1.77. The Bertz CT molecular complexity index is 1160. The highest BCUT2D eigenvalue weighted by Gasteiger charge is 2.29. The number of nitrogens with one attached hydrogen (secondary N) is 1. The molecule has 1 unspecified atom stereocenters. The van der Waals surface area contributed by atoms with E-state index < -0.39 is 9.84 Å². The monoisotopic (exact) mass is 431 g/mol. The zero-order valence-electron chi connectivity index (χ0n) is 17.1. The number of hydrogen-bond acceptors (Lipinski definition) is 8.